The Balaban J connectivity index is 0.000000135. The van der Waals surface area contributed by atoms with Crippen molar-refractivity contribution in [3.05, 3.63) is 159 Å². The van der Waals surface area contributed by atoms with Crippen molar-refractivity contribution in [3.8, 4) is 23.3 Å². The highest BCUT2D eigenvalue weighted by atomic mass is 15.2. The molecule has 6 aromatic heterocycles. The van der Waals surface area contributed by atoms with E-state index in [1.165, 1.54) is 11.0 Å². The zero-order valence-electron chi connectivity index (χ0n) is 27.5. The van der Waals surface area contributed by atoms with Gasteiger partial charge in [0.15, 0.2) is 22.1 Å². The molecular weight excluding hydrogens is 621 g/mol. The second-order valence-electron chi connectivity index (χ2n) is 12.1. The molecule has 0 atom stereocenters. The molecule has 0 saturated heterocycles. The minimum Gasteiger partial charge on any atom is -0.283 e. The Morgan fingerprint density at radius 1 is 0.380 bits per heavy atom. The van der Waals surface area contributed by atoms with Crippen molar-refractivity contribution in [1.82, 2.24) is 38.2 Å². The van der Waals surface area contributed by atoms with Gasteiger partial charge in [-0.2, -0.15) is 14.1 Å². The predicted molar refractivity (Wildman–Crippen MR) is 194 cm³/mol. The van der Waals surface area contributed by atoms with Crippen LogP contribution >= 0.6 is 0 Å². The molecule has 0 aliphatic rings. The lowest BCUT2D eigenvalue weighted by atomic mass is 10.3. The van der Waals surface area contributed by atoms with E-state index < -0.39 is 0 Å². The summed E-state index contributed by atoms with van der Waals surface area (Å²) < 4.78 is 12.5. The number of pyridine rings is 2. The van der Waals surface area contributed by atoms with Gasteiger partial charge in [-0.1, -0.05) is 60.7 Å². The van der Waals surface area contributed by atoms with E-state index in [4.69, 9.17) is 9.97 Å². The molecule has 0 aliphatic heterocycles. The number of aromatic nitrogens is 10. The highest BCUT2D eigenvalue weighted by Crippen LogP contribution is 2.21. The molecular formula is C40H32N10+2. The third-order valence-corrected chi connectivity index (χ3v) is 8.95. The van der Waals surface area contributed by atoms with Crippen LogP contribution in [-0.4, -0.2) is 38.2 Å². The summed E-state index contributed by atoms with van der Waals surface area (Å²) in [5.41, 5.74) is 8.63. The zero-order chi connectivity index (χ0) is 33.6. The third-order valence-electron chi connectivity index (χ3n) is 8.95. The second-order valence-corrected chi connectivity index (χ2v) is 12.1. The molecule has 0 bridgehead atoms. The summed E-state index contributed by atoms with van der Waals surface area (Å²) in [4.78, 5) is 18.6. The first-order valence-corrected chi connectivity index (χ1v) is 16.3. The molecule has 10 nitrogen and oxygen atoms in total. The van der Waals surface area contributed by atoms with E-state index in [1.54, 1.807) is 0 Å². The van der Waals surface area contributed by atoms with E-state index in [-0.39, 0.29) is 0 Å². The van der Waals surface area contributed by atoms with Gasteiger partial charge in [0.1, 0.15) is 24.3 Å². The van der Waals surface area contributed by atoms with Crippen molar-refractivity contribution in [1.29, 1.82) is 0 Å². The SMILES string of the molecule is C[n+]1cn(-c2cccc(-n3c[n+](C)c4ccccc43)n2)c2ccccc21.c1cc(-n2cnc3ccccc32)nc(-n2cnc3ccccc32)c1. The van der Waals surface area contributed by atoms with E-state index >= 15 is 0 Å². The van der Waals surface area contributed by atoms with Crippen molar-refractivity contribution in [2.24, 2.45) is 14.1 Å². The van der Waals surface area contributed by atoms with Crippen LogP contribution in [0.1, 0.15) is 0 Å². The Labute approximate surface area is 287 Å². The van der Waals surface area contributed by atoms with Gasteiger partial charge in [0.25, 0.3) is 12.7 Å². The summed E-state index contributed by atoms with van der Waals surface area (Å²) in [6, 6.07) is 44.9. The molecule has 0 fully saturated rings. The third kappa shape index (κ3) is 4.98. The van der Waals surface area contributed by atoms with Gasteiger partial charge in [0, 0.05) is 12.1 Å². The van der Waals surface area contributed by atoms with Gasteiger partial charge in [-0.15, -0.1) is 0 Å². The first kappa shape index (κ1) is 29.2. The quantitative estimate of drug-likeness (QED) is 0.207. The maximum atomic E-state index is 4.94. The van der Waals surface area contributed by atoms with E-state index in [9.17, 15) is 0 Å². The maximum Gasteiger partial charge on any atom is 0.251 e. The first-order valence-electron chi connectivity index (χ1n) is 16.3. The van der Waals surface area contributed by atoms with Crippen LogP contribution in [0.5, 0.6) is 0 Å². The number of rotatable bonds is 4. The van der Waals surface area contributed by atoms with Crippen LogP contribution in [0, 0.1) is 0 Å². The van der Waals surface area contributed by atoms with Crippen LogP contribution in [-0.2, 0) is 14.1 Å². The molecule has 10 rings (SSSR count). The Morgan fingerprint density at radius 3 is 1.18 bits per heavy atom. The molecule has 0 unspecified atom stereocenters. The van der Waals surface area contributed by atoms with Crippen LogP contribution < -0.4 is 9.13 Å². The second kappa shape index (κ2) is 11.9. The van der Waals surface area contributed by atoms with Crippen molar-refractivity contribution in [2.45, 2.75) is 0 Å². The number of hydrogen-bond acceptors (Lipinski definition) is 4. The monoisotopic (exact) mass is 652 g/mol. The topological polar surface area (TPSA) is 79.0 Å². The van der Waals surface area contributed by atoms with Crippen LogP contribution in [0.2, 0.25) is 0 Å². The molecule has 0 aliphatic carbocycles. The van der Waals surface area contributed by atoms with E-state index in [1.807, 2.05) is 101 Å². The summed E-state index contributed by atoms with van der Waals surface area (Å²) in [6.07, 6.45) is 7.76. The summed E-state index contributed by atoms with van der Waals surface area (Å²) in [5.74, 6) is 3.47. The minimum absolute atomic E-state index is 0.832. The minimum atomic E-state index is 0.832. The number of benzene rings is 4. The molecule has 0 saturated carbocycles. The fraction of sp³-hybridized carbons (Fsp3) is 0.0500. The maximum absolute atomic E-state index is 4.94. The van der Waals surface area contributed by atoms with E-state index in [0.717, 1.165) is 56.4 Å². The van der Waals surface area contributed by atoms with E-state index in [0.29, 0.717) is 0 Å². The number of nitrogens with zero attached hydrogens (tertiary/aromatic N) is 10. The lowest BCUT2D eigenvalue weighted by Gasteiger charge is -2.07. The van der Waals surface area contributed by atoms with Crippen molar-refractivity contribution in [3.63, 3.8) is 0 Å². The molecule has 50 heavy (non-hydrogen) atoms. The van der Waals surface area contributed by atoms with Crippen LogP contribution in [0.3, 0.4) is 0 Å². The molecule has 240 valence electrons. The summed E-state index contributed by atoms with van der Waals surface area (Å²) in [7, 11) is 4.12. The molecule has 0 N–H and O–H groups in total. The van der Waals surface area contributed by atoms with Crippen molar-refractivity contribution >= 4 is 44.1 Å². The predicted octanol–water partition coefficient (Wildman–Crippen LogP) is 6.38. The fourth-order valence-electron chi connectivity index (χ4n) is 6.54. The molecule has 0 radical (unpaired) electrons. The van der Waals surface area contributed by atoms with Crippen molar-refractivity contribution in [2.75, 3.05) is 0 Å². The zero-order valence-corrected chi connectivity index (χ0v) is 27.5. The highest BCUT2D eigenvalue weighted by molar-refractivity contribution is 5.78. The van der Waals surface area contributed by atoms with Crippen LogP contribution in [0.4, 0.5) is 0 Å². The average molecular weight is 653 g/mol. The first-order chi connectivity index (χ1) is 24.6. The van der Waals surface area contributed by atoms with Crippen molar-refractivity contribution < 1.29 is 9.13 Å². The van der Waals surface area contributed by atoms with Gasteiger partial charge in [-0.25, -0.2) is 24.1 Å². The van der Waals surface area contributed by atoms with Gasteiger partial charge < -0.3 is 0 Å². The number of fused-ring (bicyclic) bond motifs is 4. The van der Waals surface area contributed by atoms with Crippen LogP contribution in [0.15, 0.2) is 159 Å². The summed E-state index contributed by atoms with van der Waals surface area (Å²) >= 11 is 0. The molecule has 0 amide bonds. The number of aryl methyl sites for hydroxylation is 2. The number of para-hydroxylation sites is 8. The summed E-state index contributed by atoms with van der Waals surface area (Å²) in [5, 5.41) is 0. The fourth-order valence-corrected chi connectivity index (χ4v) is 6.54. The molecule has 6 heterocycles. The molecule has 10 heteroatoms. The lowest BCUT2D eigenvalue weighted by molar-refractivity contribution is -0.645. The van der Waals surface area contributed by atoms with Gasteiger partial charge in [0.05, 0.1) is 36.2 Å². The van der Waals surface area contributed by atoms with Gasteiger partial charge >= 0.3 is 0 Å². The Morgan fingerprint density at radius 2 is 0.740 bits per heavy atom. The van der Waals surface area contributed by atoms with Crippen LogP contribution in [0.25, 0.3) is 67.4 Å². The summed E-state index contributed by atoms with van der Waals surface area (Å²) in [6.45, 7) is 0. The van der Waals surface area contributed by atoms with E-state index in [2.05, 4.69) is 110 Å². The average Bonchev–Trinajstić information content (AvgIpc) is 3.96. The van der Waals surface area contributed by atoms with Gasteiger partial charge in [-0.05, 0) is 60.7 Å². The Bertz CT molecular complexity index is 2630. The molecule has 4 aromatic carbocycles. The molecule has 10 aromatic rings. The number of imidazole rings is 4. The Hall–Kier alpha value is -6.94. The van der Waals surface area contributed by atoms with Gasteiger partial charge in [-0.3, -0.25) is 9.13 Å². The standard InChI is InChI=1S/C21H19N5.C19H13N5/c1-23-14-25(18-10-5-3-8-16(18)23)20-12-7-13-21(22-20)26-15-24(2)17-9-4-6-11-19(17)26;1-3-8-16-14(6-1)20-12-23(16)18-10-5-11-19(22-18)24-13-21-15-7-2-4-9-17(15)24/h3-15H,1-2H3;1-13H/q+2;. The lowest BCUT2D eigenvalue weighted by Crippen LogP contribution is -2.25. The molecule has 0 spiro atoms. The van der Waals surface area contributed by atoms with Gasteiger partial charge in [0.2, 0.25) is 11.6 Å². The smallest absolute Gasteiger partial charge is 0.251 e. The highest BCUT2D eigenvalue weighted by Gasteiger charge is 2.19. The number of hydrogen-bond donors (Lipinski definition) is 0. The largest absolute Gasteiger partial charge is 0.283 e. The normalized spacial score (nSPS) is 11.4. The Kier molecular flexibility index (Phi) is 6.98.